The summed E-state index contributed by atoms with van der Waals surface area (Å²) in [6, 6.07) is 7.00. The van der Waals surface area contributed by atoms with Crippen LogP contribution in [0.3, 0.4) is 0 Å². The molecule has 33 heavy (non-hydrogen) atoms. The molecule has 1 aliphatic rings. The first-order valence-corrected chi connectivity index (χ1v) is 11.4. The number of benzene rings is 1. The maximum absolute atomic E-state index is 11.0. The molecule has 172 valence electrons. The summed E-state index contributed by atoms with van der Waals surface area (Å²) in [5.41, 5.74) is 2.94. The Morgan fingerprint density at radius 2 is 2.21 bits per heavy atom. The number of ether oxygens (including phenoxy) is 1. The van der Waals surface area contributed by atoms with E-state index < -0.39 is 12.3 Å². The molecule has 0 aliphatic heterocycles. The number of rotatable bonds is 7. The van der Waals surface area contributed by atoms with Gasteiger partial charge >= 0.3 is 0 Å². The van der Waals surface area contributed by atoms with Gasteiger partial charge in [0.05, 0.1) is 36.2 Å². The fourth-order valence-corrected chi connectivity index (χ4v) is 4.50. The van der Waals surface area contributed by atoms with Gasteiger partial charge in [-0.3, -0.25) is 4.68 Å². The molecule has 4 aromatic rings. The molecule has 0 bridgehead atoms. The number of fused-ring (bicyclic) bond motifs is 1. The highest BCUT2D eigenvalue weighted by Gasteiger charge is 2.30. The van der Waals surface area contributed by atoms with Gasteiger partial charge in [-0.15, -0.1) is 0 Å². The minimum Gasteiger partial charge on any atom is -0.493 e. The van der Waals surface area contributed by atoms with Crippen LogP contribution in [0.2, 0.25) is 5.02 Å². The zero-order chi connectivity index (χ0) is 22.9. The normalized spacial score (nSPS) is 19.2. The Morgan fingerprint density at radius 3 is 3.00 bits per heavy atom. The van der Waals surface area contributed by atoms with E-state index in [1.807, 2.05) is 13.1 Å². The minimum atomic E-state index is -1.09. The number of hydrogen-bond acceptors (Lipinski definition) is 7. The van der Waals surface area contributed by atoms with Gasteiger partial charge in [0, 0.05) is 29.2 Å². The van der Waals surface area contributed by atoms with Crippen molar-refractivity contribution in [3.8, 4) is 17.0 Å². The van der Waals surface area contributed by atoms with E-state index in [1.54, 1.807) is 52.1 Å². The summed E-state index contributed by atoms with van der Waals surface area (Å²) in [4.78, 5) is 4.32. The van der Waals surface area contributed by atoms with E-state index in [9.17, 15) is 10.2 Å². The average Bonchev–Trinajstić information content (AvgIpc) is 3.53. The molecule has 1 saturated carbocycles. The quantitative estimate of drug-likeness (QED) is 0.353. The van der Waals surface area contributed by atoms with Crippen LogP contribution in [0.4, 0.5) is 5.69 Å². The molecule has 1 fully saturated rings. The minimum absolute atomic E-state index is 0.134. The molecular weight excluding hydrogens is 444 g/mol. The molecule has 0 amide bonds. The third-order valence-corrected chi connectivity index (χ3v) is 6.14. The van der Waals surface area contributed by atoms with E-state index in [1.165, 1.54) is 0 Å². The van der Waals surface area contributed by atoms with Gasteiger partial charge in [0.25, 0.3) is 0 Å². The van der Waals surface area contributed by atoms with Crippen molar-refractivity contribution >= 4 is 22.9 Å². The molecule has 3 aromatic heterocycles. The topological polar surface area (TPSA) is 110 Å². The third kappa shape index (κ3) is 4.15. The number of aliphatic hydroxyl groups excluding tert-OH is 2. The molecule has 0 saturated heterocycles. The number of hydrogen-bond donors (Lipinski definition) is 3. The zero-order valence-corrected chi connectivity index (χ0v) is 18.9. The van der Waals surface area contributed by atoms with Gasteiger partial charge in [-0.05, 0) is 50.5 Å². The van der Waals surface area contributed by atoms with Crippen LogP contribution in [-0.4, -0.2) is 47.3 Å². The average molecular weight is 469 g/mol. The van der Waals surface area contributed by atoms with E-state index in [0.29, 0.717) is 45.5 Å². The van der Waals surface area contributed by atoms with Crippen LogP contribution in [0, 0.1) is 0 Å². The molecular formula is C23H25ClN6O3. The van der Waals surface area contributed by atoms with Crippen LogP contribution in [0.15, 0.2) is 49.1 Å². The highest BCUT2D eigenvalue weighted by atomic mass is 35.5. The van der Waals surface area contributed by atoms with Crippen LogP contribution in [-0.2, 0) is 0 Å². The molecule has 1 aliphatic carbocycles. The molecule has 10 heteroatoms. The third-order valence-electron chi connectivity index (χ3n) is 5.91. The number of anilines is 1. The summed E-state index contributed by atoms with van der Waals surface area (Å²) < 4.78 is 9.19. The zero-order valence-electron chi connectivity index (χ0n) is 18.1. The second-order valence-electron chi connectivity index (χ2n) is 8.05. The SMILES string of the molecule is CCOc1ccc(Cl)cc1-c1nn(C2CCC[C@H]2O)cc1NC(O)c1cnn2cccnc12. The second kappa shape index (κ2) is 9.01. The van der Waals surface area contributed by atoms with Gasteiger partial charge < -0.3 is 20.3 Å². The first-order chi connectivity index (χ1) is 16.0. The number of halogens is 1. The van der Waals surface area contributed by atoms with E-state index in [-0.39, 0.29) is 6.04 Å². The second-order valence-corrected chi connectivity index (χ2v) is 8.48. The Balaban J connectivity index is 1.57. The molecule has 9 nitrogen and oxygen atoms in total. The fraction of sp³-hybridized carbons (Fsp3) is 0.348. The van der Waals surface area contributed by atoms with Crippen molar-refractivity contribution < 1.29 is 14.9 Å². The van der Waals surface area contributed by atoms with E-state index in [0.717, 1.165) is 19.3 Å². The largest absolute Gasteiger partial charge is 0.493 e. The number of nitrogens with zero attached hydrogens (tertiary/aromatic N) is 5. The first kappa shape index (κ1) is 21.7. The highest BCUT2D eigenvalue weighted by Crippen LogP contribution is 2.39. The van der Waals surface area contributed by atoms with Crippen molar-refractivity contribution in [2.45, 2.75) is 44.6 Å². The van der Waals surface area contributed by atoms with Gasteiger partial charge in [-0.1, -0.05) is 11.6 Å². The molecule has 3 heterocycles. The van der Waals surface area contributed by atoms with Crippen molar-refractivity contribution in [3.63, 3.8) is 0 Å². The van der Waals surface area contributed by atoms with Crippen LogP contribution in [0.1, 0.15) is 44.0 Å². The number of nitrogens with one attached hydrogen (secondary N) is 1. The van der Waals surface area contributed by atoms with Crippen LogP contribution >= 0.6 is 11.6 Å². The Hall–Kier alpha value is -3.14. The molecule has 2 unspecified atom stereocenters. The Kier molecular flexibility index (Phi) is 5.92. The Labute approximate surface area is 195 Å². The summed E-state index contributed by atoms with van der Waals surface area (Å²) in [6.45, 7) is 2.39. The van der Waals surface area contributed by atoms with E-state index in [4.69, 9.17) is 21.4 Å². The molecule has 5 rings (SSSR count). The van der Waals surface area contributed by atoms with Crippen LogP contribution < -0.4 is 10.1 Å². The molecule has 0 radical (unpaired) electrons. The summed E-state index contributed by atoms with van der Waals surface area (Å²) in [7, 11) is 0. The van der Waals surface area contributed by atoms with Gasteiger partial charge in [-0.25, -0.2) is 9.50 Å². The summed E-state index contributed by atoms with van der Waals surface area (Å²) in [5.74, 6) is 0.634. The van der Waals surface area contributed by atoms with Crippen LogP contribution in [0.5, 0.6) is 5.75 Å². The van der Waals surface area contributed by atoms with Crippen molar-refractivity contribution in [2.75, 3.05) is 11.9 Å². The molecule has 1 aromatic carbocycles. The molecule has 3 atom stereocenters. The van der Waals surface area contributed by atoms with Crippen molar-refractivity contribution in [1.82, 2.24) is 24.4 Å². The van der Waals surface area contributed by atoms with E-state index in [2.05, 4.69) is 15.4 Å². The maximum Gasteiger partial charge on any atom is 0.162 e. The predicted octanol–water partition coefficient (Wildman–Crippen LogP) is 3.83. The lowest BCUT2D eigenvalue weighted by molar-refractivity contribution is 0.130. The monoisotopic (exact) mass is 468 g/mol. The van der Waals surface area contributed by atoms with Crippen LogP contribution in [0.25, 0.3) is 16.9 Å². The lowest BCUT2D eigenvalue weighted by Crippen LogP contribution is -2.18. The predicted molar refractivity (Wildman–Crippen MR) is 124 cm³/mol. The highest BCUT2D eigenvalue weighted by molar-refractivity contribution is 6.31. The van der Waals surface area contributed by atoms with Crippen molar-refractivity contribution in [2.24, 2.45) is 0 Å². The fourth-order valence-electron chi connectivity index (χ4n) is 4.33. The number of aromatic nitrogens is 5. The number of aliphatic hydroxyl groups is 2. The molecule has 0 spiro atoms. The lowest BCUT2D eigenvalue weighted by Gasteiger charge is -2.14. The van der Waals surface area contributed by atoms with E-state index >= 15 is 0 Å². The first-order valence-electron chi connectivity index (χ1n) is 11.0. The Morgan fingerprint density at radius 1 is 1.33 bits per heavy atom. The van der Waals surface area contributed by atoms with Crippen molar-refractivity contribution in [1.29, 1.82) is 0 Å². The van der Waals surface area contributed by atoms with Crippen molar-refractivity contribution in [3.05, 3.63) is 59.6 Å². The summed E-state index contributed by atoms with van der Waals surface area (Å²) in [6.07, 6.45) is 7.76. The van der Waals surface area contributed by atoms with Gasteiger partial charge in [0.2, 0.25) is 0 Å². The summed E-state index contributed by atoms with van der Waals surface area (Å²) in [5, 5.41) is 34.2. The smallest absolute Gasteiger partial charge is 0.162 e. The molecule has 3 N–H and O–H groups in total. The van der Waals surface area contributed by atoms with Gasteiger partial charge in [-0.2, -0.15) is 10.2 Å². The summed E-state index contributed by atoms with van der Waals surface area (Å²) >= 11 is 6.31. The standard InChI is InChI=1S/C23H25ClN6O3/c1-2-33-20-8-7-14(24)11-15(20)21-17(13-30(28-21)18-5-3-6-19(18)31)27-23(32)16-12-26-29-10-4-9-25-22(16)29/h4,7-13,18-19,23,27,31-32H,2-3,5-6H2,1H3/t18?,19-,23?/m1/s1. The van der Waals surface area contributed by atoms with Gasteiger partial charge in [0.15, 0.2) is 11.9 Å². The maximum atomic E-state index is 11.0. The Bertz CT molecular complexity index is 1270. The lowest BCUT2D eigenvalue weighted by atomic mass is 10.1. The van der Waals surface area contributed by atoms with Gasteiger partial charge in [0.1, 0.15) is 11.4 Å².